The molecule has 0 amide bonds. The van der Waals surface area contributed by atoms with Crippen LogP contribution in [0.15, 0.2) is 0 Å². The molecule has 4 heteroatoms. The van der Waals surface area contributed by atoms with Crippen LogP contribution in [0.4, 0.5) is 0 Å². The summed E-state index contributed by atoms with van der Waals surface area (Å²) in [6.07, 6.45) is 4.60. The Kier molecular flexibility index (Phi) is 6.65. The lowest BCUT2D eigenvalue weighted by atomic mass is 10.1. The topological polar surface area (TPSA) is 41.6 Å². The van der Waals surface area contributed by atoms with Gasteiger partial charge in [-0.3, -0.25) is 9.69 Å². The normalized spacial score (nSPS) is 26.2. The summed E-state index contributed by atoms with van der Waals surface area (Å²) in [5.74, 6) is -0.125. The molecular weight excluding hydrogens is 228 g/mol. The first-order valence-electron chi connectivity index (χ1n) is 7.23. The maximum Gasteiger partial charge on any atom is 0.323 e. The number of nitrogens with one attached hydrogen (secondary N) is 1. The molecule has 0 aromatic rings. The molecule has 1 saturated heterocycles. The number of hydrogen-bond acceptors (Lipinski definition) is 4. The van der Waals surface area contributed by atoms with E-state index in [0.717, 1.165) is 13.0 Å². The third kappa shape index (κ3) is 3.95. The summed E-state index contributed by atoms with van der Waals surface area (Å²) in [5.41, 5.74) is 0. The van der Waals surface area contributed by atoms with E-state index in [1.807, 2.05) is 14.0 Å². The summed E-state index contributed by atoms with van der Waals surface area (Å²) in [6.45, 7) is 7.81. The summed E-state index contributed by atoms with van der Waals surface area (Å²) in [7, 11) is 1.83. The Morgan fingerprint density at radius 2 is 2.17 bits per heavy atom. The van der Waals surface area contributed by atoms with Crippen LogP contribution in [0.2, 0.25) is 0 Å². The number of hydrogen-bond donors (Lipinski definition) is 1. The minimum absolute atomic E-state index is 0.125. The highest BCUT2D eigenvalue weighted by molar-refractivity contribution is 5.75. The Balaban J connectivity index is 2.44. The van der Waals surface area contributed by atoms with Crippen molar-refractivity contribution < 1.29 is 9.53 Å². The molecule has 0 spiro atoms. The third-order valence-corrected chi connectivity index (χ3v) is 4.02. The fraction of sp³-hybridized carbons (Fsp3) is 0.929. The molecule has 1 N–H and O–H groups in total. The molecule has 3 atom stereocenters. The first kappa shape index (κ1) is 15.4. The van der Waals surface area contributed by atoms with Crippen LogP contribution in [0, 0.1) is 0 Å². The highest BCUT2D eigenvalue weighted by Gasteiger charge is 2.30. The molecule has 4 nitrogen and oxygen atoms in total. The van der Waals surface area contributed by atoms with Gasteiger partial charge >= 0.3 is 5.97 Å². The van der Waals surface area contributed by atoms with E-state index >= 15 is 0 Å². The van der Waals surface area contributed by atoms with Gasteiger partial charge in [-0.25, -0.2) is 0 Å². The first-order chi connectivity index (χ1) is 8.63. The van der Waals surface area contributed by atoms with E-state index in [1.54, 1.807) is 0 Å². The zero-order valence-electron chi connectivity index (χ0n) is 12.2. The standard InChI is InChI=1S/C14H28N2O2/c1-5-12-8-7-11(3)16(12)10-9-13(15-4)14(17)18-6-2/h11-13,15H,5-10H2,1-4H3. The minimum atomic E-state index is -0.171. The van der Waals surface area contributed by atoms with Crippen LogP contribution in [0.25, 0.3) is 0 Å². The molecule has 0 aliphatic carbocycles. The number of likely N-dealkylation sites (N-methyl/N-ethyl adjacent to an activating group) is 1. The van der Waals surface area contributed by atoms with Crippen LogP contribution in [-0.4, -0.2) is 49.2 Å². The van der Waals surface area contributed by atoms with Crippen molar-refractivity contribution in [1.29, 1.82) is 0 Å². The van der Waals surface area contributed by atoms with Crippen molar-refractivity contribution in [1.82, 2.24) is 10.2 Å². The van der Waals surface area contributed by atoms with Crippen LogP contribution < -0.4 is 5.32 Å². The van der Waals surface area contributed by atoms with Gasteiger partial charge in [0.25, 0.3) is 0 Å². The molecule has 1 rings (SSSR count). The van der Waals surface area contributed by atoms with Gasteiger partial charge in [0.2, 0.25) is 0 Å². The van der Waals surface area contributed by atoms with Crippen molar-refractivity contribution in [3.05, 3.63) is 0 Å². The SMILES string of the molecule is CCOC(=O)C(CCN1C(C)CCC1CC)NC. The lowest BCUT2D eigenvalue weighted by molar-refractivity contribution is -0.145. The van der Waals surface area contributed by atoms with Gasteiger partial charge in [-0.15, -0.1) is 0 Å². The predicted molar refractivity (Wildman–Crippen MR) is 73.6 cm³/mol. The highest BCUT2D eigenvalue weighted by Crippen LogP contribution is 2.26. The Hall–Kier alpha value is -0.610. The van der Waals surface area contributed by atoms with Crippen LogP contribution in [0.1, 0.15) is 46.5 Å². The summed E-state index contributed by atoms with van der Waals surface area (Å²) < 4.78 is 5.07. The average Bonchev–Trinajstić information content (AvgIpc) is 2.71. The lowest BCUT2D eigenvalue weighted by Crippen LogP contribution is -2.42. The average molecular weight is 256 g/mol. The van der Waals surface area contributed by atoms with Crippen molar-refractivity contribution in [2.24, 2.45) is 0 Å². The van der Waals surface area contributed by atoms with E-state index < -0.39 is 0 Å². The van der Waals surface area contributed by atoms with Gasteiger partial charge in [-0.05, 0) is 46.6 Å². The molecule has 0 bridgehead atoms. The largest absolute Gasteiger partial charge is 0.465 e. The summed E-state index contributed by atoms with van der Waals surface area (Å²) in [5, 5.41) is 3.06. The monoisotopic (exact) mass is 256 g/mol. The molecular formula is C14H28N2O2. The smallest absolute Gasteiger partial charge is 0.323 e. The molecule has 106 valence electrons. The summed E-state index contributed by atoms with van der Waals surface area (Å²) >= 11 is 0. The third-order valence-electron chi connectivity index (χ3n) is 4.02. The molecule has 0 saturated carbocycles. The Morgan fingerprint density at radius 1 is 1.44 bits per heavy atom. The van der Waals surface area contributed by atoms with Crippen molar-refractivity contribution in [2.45, 2.75) is 64.6 Å². The maximum atomic E-state index is 11.7. The van der Waals surface area contributed by atoms with Gasteiger partial charge in [0.15, 0.2) is 0 Å². The van der Waals surface area contributed by atoms with Gasteiger partial charge in [-0.2, -0.15) is 0 Å². The lowest BCUT2D eigenvalue weighted by Gasteiger charge is -2.29. The zero-order chi connectivity index (χ0) is 13.5. The summed E-state index contributed by atoms with van der Waals surface area (Å²) in [4.78, 5) is 14.3. The quantitative estimate of drug-likeness (QED) is 0.705. The molecule has 18 heavy (non-hydrogen) atoms. The molecule has 1 fully saturated rings. The Labute approximate surface area is 111 Å². The number of ether oxygens (including phenoxy) is 1. The van der Waals surface area contributed by atoms with Gasteiger partial charge < -0.3 is 10.1 Å². The van der Waals surface area contributed by atoms with E-state index in [9.17, 15) is 4.79 Å². The molecule has 1 aliphatic rings. The molecule has 1 aliphatic heterocycles. The zero-order valence-corrected chi connectivity index (χ0v) is 12.2. The number of rotatable bonds is 7. The van der Waals surface area contributed by atoms with E-state index in [2.05, 4.69) is 24.1 Å². The summed E-state index contributed by atoms with van der Waals surface area (Å²) in [6, 6.07) is 1.17. The van der Waals surface area contributed by atoms with E-state index in [4.69, 9.17) is 4.74 Å². The van der Waals surface area contributed by atoms with E-state index in [1.165, 1.54) is 19.3 Å². The predicted octanol–water partition coefficient (Wildman–Crippen LogP) is 1.79. The second-order valence-electron chi connectivity index (χ2n) is 5.11. The van der Waals surface area contributed by atoms with Crippen molar-refractivity contribution in [3.63, 3.8) is 0 Å². The maximum absolute atomic E-state index is 11.7. The Bertz CT molecular complexity index is 258. The van der Waals surface area contributed by atoms with E-state index in [0.29, 0.717) is 18.7 Å². The molecule has 1 heterocycles. The molecule has 0 aromatic carbocycles. The van der Waals surface area contributed by atoms with Crippen LogP contribution in [0.3, 0.4) is 0 Å². The second-order valence-corrected chi connectivity index (χ2v) is 5.11. The van der Waals surface area contributed by atoms with Gasteiger partial charge in [0.1, 0.15) is 6.04 Å². The fourth-order valence-electron chi connectivity index (χ4n) is 2.87. The van der Waals surface area contributed by atoms with Crippen LogP contribution >= 0.6 is 0 Å². The Morgan fingerprint density at radius 3 is 2.72 bits per heavy atom. The number of likely N-dealkylation sites (tertiary alicyclic amines) is 1. The number of carbonyl (C=O) groups is 1. The number of nitrogens with zero attached hydrogens (tertiary/aromatic N) is 1. The molecule has 3 unspecified atom stereocenters. The first-order valence-corrected chi connectivity index (χ1v) is 7.23. The van der Waals surface area contributed by atoms with Gasteiger partial charge in [-0.1, -0.05) is 6.92 Å². The minimum Gasteiger partial charge on any atom is -0.465 e. The van der Waals surface area contributed by atoms with Gasteiger partial charge in [0.05, 0.1) is 6.61 Å². The second kappa shape index (κ2) is 7.74. The van der Waals surface area contributed by atoms with Crippen LogP contribution in [-0.2, 0) is 9.53 Å². The molecule has 0 radical (unpaired) electrons. The van der Waals surface area contributed by atoms with Crippen molar-refractivity contribution in [3.8, 4) is 0 Å². The van der Waals surface area contributed by atoms with Gasteiger partial charge in [0, 0.05) is 18.6 Å². The van der Waals surface area contributed by atoms with Crippen LogP contribution in [0.5, 0.6) is 0 Å². The number of esters is 1. The van der Waals surface area contributed by atoms with E-state index in [-0.39, 0.29) is 12.0 Å². The fourth-order valence-corrected chi connectivity index (χ4v) is 2.87. The number of carbonyl (C=O) groups excluding carboxylic acids is 1. The van der Waals surface area contributed by atoms with Crippen molar-refractivity contribution >= 4 is 5.97 Å². The highest BCUT2D eigenvalue weighted by atomic mass is 16.5. The molecule has 0 aromatic heterocycles. The van der Waals surface area contributed by atoms with Crippen molar-refractivity contribution in [2.75, 3.05) is 20.2 Å².